The summed E-state index contributed by atoms with van der Waals surface area (Å²) in [7, 11) is -3.55. The molecule has 0 atom stereocenters. The third-order valence-corrected chi connectivity index (χ3v) is 8.36. The lowest BCUT2D eigenvalue weighted by Crippen LogP contribution is -2.40. The molecule has 0 aliphatic carbocycles. The van der Waals surface area contributed by atoms with Gasteiger partial charge in [-0.2, -0.15) is 4.31 Å². The zero-order valence-corrected chi connectivity index (χ0v) is 20.0. The van der Waals surface area contributed by atoms with Crippen molar-refractivity contribution in [3.8, 4) is 0 Å². The van der Waals surface area contributed by atoms with Gasteiger partial charge in [0.2, 0.25) is 10.0 Å². The number of benzene rings is 3. The molecule has 8 heteroatoms. The highest BCUT2D eigenvalue weighted by atomic mass is 32.2. The maximum absolute atomic E-state index is 12.7. The summed E-state index contributed by atoms with van der Waals surface area (Å²) in [5.41, 5.74) is 3.46. The molecule has 1 saturated heterocycles. The first-order chi connectivity index (χ1) is 15.9. The van der Waals surface area contributed by atoms with Crippen LogP contribution in [-0.4, -0.2) is 44.9 Å². The Morgan fingerprint density at radius 1 is 0.939 bits per heavy atom. The third kappa shape index (κ3) is 6.03. The minimum Gasteiger partial charge on any atom is -0.379 e. The second-order valence-corrected chi connectivity index (χ2v) is 10.8. The molecule has 1 amide bonds. The van der Waals surface area contributed by atoms with Gasteiger partial charge in [-0.15, -0.1) is 11.8 Å². The third-order valence-electron chi connectivity index (χ3n) is 5.36. The van der Waals surface area contributed by atoms with Gasteiger partial charge in [0.05, 0.1) is 18.1 Å². The molecule has 1 heterocycles. The van der Waals surface area contributed by atoms with Crippen LogP contribution in [0, 0.1) is 6.92 Å². The van der Waals surface area contributed by atoms with Crippen molar-refractivity contribution in [1.29, 1.82) is 0 Å². The van der Waals surface area contributed by atoms with Crippen LogP contribution >= 0.6 is 11.8 Å². The number of morpholine rings is 1. The standard InChI is InChI=1S/C25H26N2O4S2/c1-19-2-10-23(11-3-19)32-18-20-4-6-21(7-5-20)25(28)26-22-8-12-24(13-9-22)33(29,30)27-14-16-31-17-15-27/h2-13H,14-18H2,1H3,(H,26,28). The minimum absolute atomic E-state index is 0.206. The first-order valence-electron chi connectivity index (χ1n) is 10.7. The van der Waals surface area contributed by atoms with Gasteiger partial charge in [0.1, 0.15) is 0 Å². The van der Waals surface area contributed by atoms with Crippen LogP contribution in [0.2, 0.25) is 0 Å². The van der Waals surface area contributed by atoms with Crippen molar-refractivity contribution in [2.75, 3.05) is 31.6 Å². The molecule has 1 fully saturated rings. The van der Waals surface area contributed by atoms with Gasteiger partial charge in [0.15, 0.2) is 0 Å². The van der Waals surface area contributed by atoms with Gasteiger partial charge in [-0.25, -0.2) is 8.42 Å². The summed E-state index contributed by atoms with van der Waals surface area (Å²) in [6.07, 6.45) is 0. The molecule has 0 spiro atoms. The molecule has 4 rings (SSSR count). The highest BCUT2D eigenvalue weighted by molar-refractivity contribution is 7.98. The van der Waals surface area contributed by atoms with Crippen LogP contribution in [0.5, 0.6) is 0 Å². The Hall–Kier alpha value is -2.65. The van der Waals surface area contributed by atoms with E-state index in [2.05, 4.69) is 36.5 Å². The van der Waals surface area contributed by atoms with E-state index >= 15 is 0 Å². The van der Waals surface area contributed by atoms with Crippen molar-refractivity contribution in [2.24, 2.45) is 0 Å². The molecule has 1 N–H and O–H groups in total. The van der Waals surface area contributed by atoms with E-state index < -0.39 is 10.0 Å². The Morgan fingerprint density at radius 2 is 1.58 bits per heavy atom. The summed E-state index contributed by atoms with van der Waals surface area (Å²) in [5, 5.41) is 2.83. The Morgan fingerprint density at radius 3 is 2.21 bits per heavy atom. The smallest absolute Gasteiger partial charge is 0.255 e. The molecule has 0 bridgehead atoms. The van der Waals surface area contributed by atoms with E-state index in [4.69, 9.17) is 4.74 Å². The van der Waals surface area contributed by atoms with Crippen LogP contribution in [0.25, 0.3) is 0 Å². The fourth-order valence-corrected chi connectivity index (χ4v) is 5.67. The predicted octanol–water partition coefficient (Wildman–Crippen LogP) is 4.56. The molecule has 1 aliphatic heterocycles. The Labute approximate surface area is 199 Å². The number of carbonyl (C=O) groups excluding carboxylic acids is 1. The van der Waals surface area contributed by atoms with Gasteiger partial charge in [0.25, 0.3) is 5.91 Å². The number of hydrogen-bond acceptors (Lipinski definition) is 5. The van der Waals surface area contributed by atoms with Crippen molar-refractivity contribution >= 4 is 33.4 Å². The van der Waals surface area contributed by atoms with E-state index in [1.54, 1.807) is 36.0 Å². The molecular weight excluding hydrogens is 456 g/mol. The van der Waals surface area contributed by atoms with E-state index in [1.165, 1.54) is 26.9 Å². The second-order valence-electron chi connectivity index (χ2n) is 7.79. The number of sulfonamides is 1. The Kier molecular flexibility index (Phi) is 7.49. The Balaban J connectivity index is 1.34. The maximum Gasteiger partial charge on any atom is 0.255 e. The number of nitrogens with one attached hydrogen (secondary N) is 1. The zero-order valence-electron chi connectivity index (χ0n) is 18.4. The van der Waals surface area contributed by atoms with E-state index in [9.17, 15) is 13.2 Å². The van der Waals surface area contributed by atoms with Gasteiger partial charge in [0, 0.05) is 35.0 Å². The van der Waals surface area contributed by atoms with Crippen molar-refractivity contribution in [1.82, 2.24) is 4.31 Å². The first kappa shape index (κ1) is 23.5. The van der Waals surface area contributed by atoms with Crippen LogP contribution in [0.3, 0.4) is 0 Å². The number of thioether (sulfide) groups is 1. The van der Waals surface area contributed by atoms with Crippen LogP contribution in [0.15, 0.2) is 82.6 Å². The van der Waals surface area contributed by atoms with Gasteiger partial charge in [-0.1, -0.05) is 29.8 Å². The van der Waals surface area contributed by atoms with Crippen molar-refractivity contribution in [3.63, 3.8) is 0 Å². The summed E-state index contributed by atoms with van der Waals surface area (Å²) >= 11 is 1.75. The molecule has 0 radical (unpaired) electrons. The van der Waals surface area contributed by atoms with Gasteiger partial charge < -0.3 is 10.1 Å². The van der Waals surface area contributed by atoms with Crippen LogP contribution in [-0.2, 0) is 20.5 Å². The fourth-order valence-electron chi connectivity index (χ4n) is 3.40. The normalized spacial score (nSPS) is 14.7. The number of ether oxygens (including phenoxy) is 1. The lowest BCUT2D eigenvalue weighted by Gasteiger charge is -2.26. The van der Waals surface area contributed by atoms with Crippen molar-refractivity contribution < 1.29 is 17.9 Å². The summed E-state index contributed by atoms with van der Waals surface area (Å²) in [6, 6.07) is 22.2. The number of rotatable bonds is 7. The number of nitrogens with zero attached hydrogens (tertiary/aromatic N) is 1. The summed E-state index contributed by atoms with van der Waals surface area (Å²) in [6.45, 7) is 3.56. The van der Waals surface area contributed by atoms with Crippen molar-refractivity contribution in [3.05, 3.63) is 89.5 Å². The highest BCUT2D eigenvalue weighted by Gasteiger charge is 2.26. The molecule has 172 valence electrons. The van der Waals surface area contributed by atoms with Crippen LogP contribution in [0.1, 0.15) is 21.5 Å². The van der Waals surface area contributed by atoms with E-state index in [1.807, 2.05) is 12.1 Å². The maximum atomic E-state index is 12.7. The molecule has 33 heavy (non-hydrogen) atoms. The number of hydrogen-bond donors (Lipinski definition) is 1. The molecule has 0 aromatic heterocycles. The largest absolute Gasteiger partial charge is 0.379 e. The molecular formula is C25H26N2O4S2. The molecule has 1 aliphatic rings. The monoisotopic (exact) mass is 482 g/mol. The van der Waals surface area contributed by atoms with Gasteiger partial charge in [-0.05, 0) is 61.0 Å². The number of carbonyl (C=O) groups is 1. The molecule has 6 nitrogen and oxygen atoms in total. The van der Waals surface area contributed by atoms with Gasteiger partial charge in [-0.3, -0.25) is 4.79 Å². The summed E-state index contributed by atoms with van der Waals surface area (Å²) in [4.78, 5) is 14.0. The Bertz CT molecular complexity index is 1190. The average molecular weight is 483 g/mol. The minimum atomic E-state index is -3.55. The van der Waals surface area contributed by atoms with Crippen LogP contribution < -0.4 is 5.32 Å². The topological polar surface area (TPSA) is 75.7 Å². The molecule has 0 unspecified atom stereocenters. The average Bonchev–Trinajstić information content (AvgIpc) is 2.85. The number of aryl methyl sites for hydroxylation is 1. The second kappa shape index (κ2) is 10.5. The lowest BCUT2D eigenvalue weighted by atomic mass is 10.1. The predicted molar refractivity (Wildman–Crippen MR) is 131 cm³/mol. The van der Waals surface area contributed by atoms with E-state index in [-0.39, 0.29) is 10.8 Å². The van der Waals surface area contributed by atoms with Crippen LogP contribution in [0.4, 0.5) is 5.69 Å². The number of anilines is 1. The summed E-state index contributed by atoms with van der Waals surface area (Å²) in [5.74, 6) is 0.584. The highest BCUT2D eigenvalue weighted by Crippen LogP contribution is 2.24. The van der Waals surface area contributed by atoms with Gasteiger partial charge >= 0.3 is 0 Å². The van der Waals surface area contributed by atoms with E-state index in [0.717, 1.165) is 11.3 Å². The summed E-state index contributed by atoms with van der Waals surface area (Å²) < 4.78 is 32.1. The quantitative estimate of drug-likeness (QED) is 0.500. The molecule has 3 aromatic carbocycles. The van der Waals surface area contributed by atoms with E-state index in [0.29, 0.717) is 37.6 Å². The molecule has 3 aromatic rings. The SMILES string of the molecule is Cc1ccc(SCc2ccc(C(=O)Nc3ccc(S(=O)(=O)N4CCOCC4)cc3)cc2)cc1. The molecule has 0 saturated carbocycles. The fraction of sp³-hybridized carbons (Fsp3) is 0.240. The number of amides is 1. The van der Waals surface area contributed by atoms with Crippen molar-refractivity contribution in [2.45, 2.75) is 22.5 Å². The zero-order chi connectivity index (χ0) is 23.3. The first-order valence-corrected chi connectivity index (χ1v) is 13.1. The lowest BCUT2D eigenvalue weighted by molar-refractivity contribution is 0.0730.